The van der Waals surface area contributed by atoms with Crippen LogP contribution in [-0.2, 0) is 30.2 Å². The molecule has 12 heteroatoms. The number of hydrogen-bond donors (Lipinski definition) is 4. The zero-order valence-corrected chi connectivity index (χ0v) is 29.7. The Labute approximate surface area is 296 Å². The van der Waals surface area contributed by atoms with Crippen molar-refractivity contribution in [3.8, 4) is 11.5 Å². The molecule has 3 aromatic heterocycles. The maximum absolute atomic E-state index is 15.9. The molecule has 6 rings (SSSR count). The smallest absolute Gasteiger partial charge is 0.306 e. The predicted molar refractivity (Wildman–Crippen MR) is 194 cm³/mol. The normalized spacial score (nSPS) is 20.1. The minimum absolute atomic E-state index is 0.0389. The van der Waals surface area contributed by atoms with Gasteiger partial charge in [-0.2, -0.15) is 5.10 Å². The number of carbonyl (C=O) groups excluding carboxylic acids is 1. The Bertz CT molecular complexity index is 2150. The van der Waals surface area contributed by atoms with E-state index in [-0.39, 0.29) is 17.7 Å². The molecule has 1 aliphatic heterocycles. The molecule has 51 heavy (non-hydrogen) atoms. The average Bonchev–Trinajstić information content (AvgIpc) is 3.73. The second-order valence-corrected chi connectivity index (χ2v) is 14.6. The summed E-state index contributed by atoms with van der Waals surface area (Å²) in [5, 5.41) is 16.6. The molecule has 11 nitrogen and oxygen atoms in total. The van der Waals surface area contributed by atoms with Gasteiger partial charge in [0.2, 0.25) is 0 Å². The Morgan fingerprint density at radius 1 is 1.12 bits per heavy atom. The molecule has 0 radical (unpaired) electrons. The molecule has 0 spiro atoms. The van der Waals surface area contributed by atoms with Crippen molar-refractivity contribution < 1.29 is 19.1 Å². The number of nitrogens with zero attached hydrogens (tertiary/aromatic N) is 5. The van der Waals surface area contributed by atoms with Crippen LogP contribution in [0.2, 0.25) is 0 Å². The Kier molecular flexibility index (Phi) is 9.56. The number of allylic oxidation sites excluding steroid dienone is 1. The van der Waals surface area contributed by atoms with Gasteiger partial charge in [0.05, 0.1) is 23.4 Å². The minimum atomic E-state index is -0.847. The van der Waals surface area contributed by atoms with Crippen molar-refractivity contribution in [2.24, 2.45) is 30.0 Å². The van der Waals surface area contributed by atoms with E-state index in [9.17, 15) is 14.7 Å². The number of aromatic nitrogens is 5. The van der Waals surface area contributed by atoms with Crippen LogP contribution in [0.15, 0.2) is 72.8 Å². The molecule has 266 valence electrons. The van der Waals surface area contributed by atoms with Gasteiger partial charge in [-0.1, -0.05) is 57.9 Å². The number of aromatic amines is 1. The largest absolute Gasteiger partial charge is 0.481 e. The van der Waals surface area contributed by atoms with E-state index in [1.165, 1.54) is 17.3 Å². The molecule has 0 saturated heterocycles. The number of carboxylic acids is 1. The highest BCUT2D eigenvalue weighted by Crippen LogP contribution is 2.39. The van der Waals surface area contributed by atoms with E-state index < -0.39 is 34.3 Å². The Morgan fingerprint density at radius 3 is 2.65 bits per heavy atom. The molecule has 1 aliphatic rings. The molecule has 1 unspecified atom stereocenters. The van der Waals surface area contributed by atoms with Crippen molar-refractivity contribution in [3.63, 3.8) is 0 Å². The van der Waals surface area contributed by atoms with Gasteiger partial charge in [-0.15, -0.1) is 0 Å². The standard InChI is InChI=1S/C39H45FN8O3/c1-23(36(50)51)17-24-9-8-10-26(18-24)39(4)14-7-6-13-38(2,3)32(41)22-48(42)21-28-27-12-16-43-30(27)20-29(40)33(28)34(49)25-11-15-44-31(19-25)35-45-37(39)46-47(35)5/h8-12,15-16,18-20,22-23,43H,6-7,13-14,17,21,41-42H2,1-5H3,(H,50,51)/b32-22-/t23?,39-/m1/s1. The first kappa shape index (κ1) is 35.5. The van der Waals surface area contributed by atoms with Gasteiger partial charge in [-0.3, -0.25) is 14.6 Å². The first-order valence-electron chi connectivity index (χ1n) is 17.2. The number of carboxylic acid groups (broad SMARTS) is 1. The molecule has 6 N–H and O–H groups in total. The second-order valence-electron chi connectivity index (χ2n) is 14.6. The zero-order chi connectivity index (χ0) is 36.7. The van der Waals surface area contributed by atoms with Crippen molar-refractivity contribution in [2.75, 3.05) is 0 Å². The van der Waals surface area contributed by atoms with E-state index in [0.717, 1.165) is 30.4 Å². The fourth-order valence-corrected chi connectivity index (χ4v) is 6.97. The SMILES string of the molecule is CC(Cc1cccc([C@@]2(C)CCCCC(C)(C)/C(N)=C/N(N)Cc3c(c(F)cc4[nH]ccc34)C(=O)c3ccnc(c3)-c3nc2nn3C)c1)C(=O)O. The summed E-state index contributed by atoms with van der Waals surface area (Å²) in [4.78, 5) is 38.5. The van der Waals surface area contributed by atoms with Gasteiger partial charge in [0, 0.05) is 53.2 Å². The number of pyridine rings is 1. The molecular formula is C39H45FN8O3. The van der Waals surface area contributed by atoms with E-state index in [4.69, 9.17) is 21.7 Å². The van der Waals surface area contributed by atoms with Crippen molar-refractivity contribution in [1.29, 1.82) is 0 Å². The maximum Gasteiger partial charge on any atom is 0.306 e. The van der Waals surface area contributed by atoms with Gasteiger partial charge in [-0.25, -0.2) is 19.9 Å². The summed E-state index contributed by atoms with van der Waals surface area (Å²) in [5.41, 5.74) is 9.60. The highest BCUT2D eigenvalue weighted by atomic mass is 19.1. The van der Waals surface area contributed by atoms with Crippen molar-refractivity contribution >= 4 is 22.7 Å². The van der Waals surface area contributed by atoms with Gasteiger partial charge in [0.1, 0.15) is 11.5 Å². The zero-order valence-electron chi connectivity index (χ0n) is 29.7. The lowest BCUT2D eigenvalue weighted by molar-refractivity contribution is -0.141. The van der Waals surface area contributed by atoms with E-state index in [0.29, 0.717) is 52.3 Å². The van der Waals surface area contributed by atoms with Gasteiger partial charge in [0.25, 0.3) is 0 Å². The third-order valence-electron chi connectivity index (χ3n) is 10.3. The number of hydrogen-bond acceptors (Lipinski definition) is 8. The number of ketones is 1. The van der Waals surface area contributed by atoms with Crippen LogP contribution in [0, 0.1) is 17.2 Å². The number of carbonyl (C=O) groups is 2. The van der Waals surface area contributed by atoms with Gasteiger partial charge in [-0.05, 0) is 67.1 Å². The number of rotatable bonds is 4. The first-order valence-corrected chi connectivity index (χ1v) is 17.2. The first-order chi connectivity index (χ1) is 24.2. The van der Waals surface area contributed by atoms with Crippen LogP contribution in [0.25, 0.3) is 22.4 Å². The molecule has 4 bridgehead atoms. The minimum Gasteiger partial charge on any atom is -0.481 e. The Hall–Kier alpha value is -5.36. The summed E-state index contributed by atoms with van der Waals surface area (Å²) in [6.45, 7) is 7.98. The quantitative estimate of drug-likeness (QED) is 0.156. The van der Waals surface area contributed by atoms with Crippen LogP contribution in [0.5, 0.6) is 0 Å². The summed E-state index contributed by atoms with van der Waals surface area (Å²) >= 11 is 0. The number of aliphatic carboxylic acids is 1. The second kappa shape index (κ2) is 13.7. The van der Waals surface area contributed by atoms with Gasteiger partial charge >= 0.3 is 5.97 Å². The van der Waals surface area contributed by atoms with Crippen LogP contribution in [0.1, 0.15) is 91.8 Å². The maximum atomic E-state index is 15.9. The van der Waals surface area contributed by atoms with Crippen LogP contribution < -0.4 is 11.6 Å². The van der Waals surface area contributed by atoms with E-state index >= 15 is 4.39 Å². The third-order valence-corrected chi connectivity index (χ3v) is 10.3. The highest BCUT2D eigenvalue weighted by molar-refractivity contribution is 6.12. The Balaban J connectivity index is 1.50. The van der Waals surface area contributed by atoms with Crippen LogP contribution >= 0.6 is 0 Å². The van der Waals surface area contributed by atoms with Gasteiger partial charge in [0.15, 0.2) is 17.4 Å². The summed E-state index contributed by atoms with van der Waals surface area (Å²) < 4.78 is 17.6. The molecule has 0 aliphatic carbocycles. The summed E-state index contributed by atoms with van der Waals surface area (Å²) in [6.07, 6.45) is 8.40. The van der Waals surface area contributed by atoms with Crippen LogP contribution in [-0.4, -0.2) is 46.6 Å². The van der Waals surface area contributed by atoms with E-state index in [1.54, 1.807) is 49.2 Å². The molecular weight excluding hydrogens is 647 g/mol. The summed E-state index contributed by atoms with van der Waals surface area (Å²) in [5.74, 6) is 4.97. The topological polar surface area (TPSA) is 169 Å². The van der Waals surface area contributed by atoms with Crippen molar-refractivity contribution in [2.45, 2.75) is 71.8 Å². The number of benzene rings is 2. The molecule has 2 aromatic carbocycles. The predicted octanol–water partition coefficient (Wildman–Crippen LogP) is 6.37. The van der Waals surface area contributed by atoms with E-state index in [1.807, 2.05) is 18.2 Å². The lowest BCUT2D eigenvalue weighted by Gasteiger charge is -2.30. The van der Waals surface area contributed by atoms with Gasteiger partial charge < -0.3 is 20.8 Å². The van der Waals surface area contributed by atoms with Crippen LogP contribution in [0.3, 0.4) is 0 Å². The average molecular weight is 693 g/mol. The molecule has 2 atom stereocenters. The number of H-pyrrole nitrogens is 1. The van der Waals surface area contributed by atoms with Crippen molar-refractivity contribution in [1.82, 2.24) is 29.7 Å². The highest BCUT2D eigenvalue weighted by Gasteiger charge is 2.35. The Morgan fingerprint density at radius 2 is 1.88 bits per heavy atom. The van der Waals surface area contributed by atoms with Crippen LogP contribution in [0.4, 0.5) is 4.39 Å². The lowest BCUT2D eigenvalue weighted by Crippen LogP contribution is -2.31. The molecule has 4 heterocycles. The monoisotopic (exact) mass is 692 g/mol. The number of nitrogens with two attached hydrogens (primary N) is 2. The summed E-state index contributed by atoms with van der Waals surface area (Å²) in [7, 11) is 1.78. The molecule has 0 amide bonds. The number of halogens is 1. The molecule has 0 saturated carbocycles. The number of fused-ring (bicyclic) bond motifs is 8. The molecule has 0 fully saturated rings. The fraction of sp³-hybridized carbons (Fsp3) is 0.359. The van der Waals surface area contributed by atoms with E-state index in [2.05, 4.69) is 36.8 Å². The number of hydrazine groups is 1. The molecule has 5 aromatic rings. The fourth-order valence-electron chi connectivity index (χ4n) is 6.97. The number of aryl methyl sites for hydroxylation is 1. The third kappa shape index (κ3) is 7.01. The lowest BCUT2D eigenvalue weighted by atomic mass is 9.75. The number of nitrogens with one attached hydrogen (secondary N) is 1. The summed E-state index contributed by atoms with van der Waals surface area (Å²) in [6, 6.07) is 14.3. The van der Waals surface area contributed by atoms with Crippen molar-refractivity contribution in [3.05, 3.63) is 112 Å².